The first-order valence-corrected chi connectivity index (χ1v) is 8.76. The summed E-state index contributed by atoms with van der Waals surface area (Å²) in [4.78, 5) is 25.5. The Morgan fingerprint density at radius 2 is 1.56 bits per heavy atom. The Morgan fingerprint density at radius 1 is 1.04 bits per heavy atom. The summed E-state index contributed by atoms with van der Waals surface area (Å²) in [6.45, 7) is 9.10. The highest BCUT2D eigenvalue weighted by molar-refractivity contribution is 6.00. The molecule has 0 atom stereocenters. The molecular weight excluding hydrogens is 320 g/mol. The van der Waals surface area contributed by atoms with Crippen molar-refractivity contribution in [1.29, 1.82) is 0 Å². The first-order chi connectivity index (χ1) is 11.8. The van der Waals surface area contributed by atoms with Crippen LogP contribution in [0.15, 0.2) is 29.3 Å². The van der Waals surface area contributed by atoms with Gasteiger partial charge < -0.3 is 15.0 Å². The molecule has 0 unspecified atom stereocenters. The van der Waals surface area contributed by atoms with Gasteiger partial charge in [-0.1, -0.05) is 45.9 Å². The summed E-state index contributed by atoms with van der Waals surface area (Å²) in [5.74, 6) is -2.75. The molecule has 1 aliphatic rings. The van der Waals surface area contributed by atoms with Crippen LogP contribution < -0.4 is 10.4 Å². The smallest absolute Gasteiger partial charge is 0.336 e. The molecule has 1 aromatic rings. The van der Waals surface area contributed by atoms with E-state index in [9.17, 15) is 14.7 Å². The highest BCUT2D eigenvalue weighted by Crippen LogP contribution is 2.36. The van der Waals surface area contributed by atoms with E-state index in [4.69, 9.17) is 10.1 Å². The van der Waals surface area contributed by atoms with Gasteiger partial charge in [0.05, 0.1) is 11.5 Å². The van der Waals surface area contributed by atoms with Crippen LogP contribution in [0, 0.1) is 0 Å². The SMILES string of the molecule is CCC1(CC)N=C[NH2+]C1(CC)CC.O=C([O-])c1ccccc1C(=O)O. The summed E-state index contributed by atoms with van der Waals surface area (Å²) in [6, 6.07) is 5.31. The lowest BCUT2D eigenvalue weighted by molar-refractivity contribution is -0.620. The molecule has 0 aliphatic carbocycles. The molecule has 25 heavy (non-hydrogen) atoms. The van der Waals surface area contributed by atoms with Crippen LogP contribution in [-0.2, 0) is 0 Å². The van der Waals surface area contributed by atoms with Crippen molar-refractivity contribution in [3.8, 4) is 0 Å². The monoisotopic (exact) mass is 348 g/mol. The molecule has 0 radical (unpaired) electrons. The number of carbonyl (C=O) groups excluding carboxylic acids is 1. The minimum absolute atomic E-state index is 0.205. The molecule has 6 nitrogen and oxygen atoms in total. The standard InChI is InChI=1S/C11H22N2.C8H6O4/c1-5-10(6-2)11(7-3,8-4)13-9-12-10;9-7(10)5-3-1-2-4-6(5)8(11)12/h9H,5-8H2,1-4H3,(H,12,13);1-4H,(H,9,10)(H,11,12). The number of carboxylic acids is 2. The van der Waals surface area contributed by atoms with Gasteiger partial charge in [-0.3, -0.25) is 5.32 Å². The fourth-order valence-electron chi connectivity index (χ4n) is 3.73. The summed E-state index contributed by atoms with van der Waals surface area (Å²) in [7, 11) is 0. The van der Waals surface area contributed by atoms with Crippen molar-refractivity contribution in [2.75, 3.05) is 0 Å². The molecule has 0 bridgehead atoms. The Morgan fingerprint density at radius 3 is 1.88 bits per heavy atom. The maximum atomic E-state index is 10.4. The van der Waals surface area contributed by atoms with E-state index in [0.717, 1.165) is 12.8 Å². The molecule has 0 amide bonds. The second-order valence-corrected chi connectivity index (χ2v) is 6.18. The van der Waals surface area contributed by atoms with Crippen molar-refractivity contribution in [3.05, 3.63) is 35.4 Å². The number of aliphatic imine (C=N–C) groups is 1. The molecule has 3 N–H and O–H groups in total. The van der Waals surface area contributed by atoms with Crippen LogP contribution in [0.2, 0.25) is 0 Å². The minimum atomic E-state index is -1.48. The van der Waals surface area contributed by atoms with E-state index in [2.05, 4.69) is 33.0 Å². The summed E-state index contributed by atoms with van der Waals surface area (Å²) in [6.07, 6.45) is 6.80. The van der Waals surface area contributed by atoms with Crippen molar-refractivity contribution in [2.45, 2.75) is 64.5 Å². The predicted molar refractivity (Wildman–Crippen MR) is 94.8 cm³/mol. The van der Waals surface area contributed by atoms with Crippen LogP contribution in [0.3, 0.4) is 0 Å². The van der Waals surface area contributed by atoms with Gasteiger partial charge in [0, 0.05) is 18.4 Å². The maximum Gasteiger partial charge on any atom is 0.336 e. The average Bonchev–Trinajstić information content (AvgIpc) is 3.01. The molecule has 1 aromatic carbocycles. The fourth-order valence-corrected chi connectivity index (χ4v) is 3.73. The Balaban J connectivity index is 0.000000251. The van der Waals surface area contributed by atoms with Crippen LogP contribution >= 0.6 is 0 Å². The van der Waals surface area contributed by atoms with Crippen molar-refractivity contribution < 1.29 is 25.1 Å². The Kier molecular flexibility index (Phi) is 7.30. The normalized spacial score (nSPS) is 16.8. The number of hydrogen-bond acceptors (Lipinski definition) is 4. The number of rotatable bonds is 6. The largest absolute Gasteiger partial charge is 0.545 e. The third-order valence-corrected chi connectivity index (χ3v) is 5.45. The van der Waals surface area contributed by atoms with E-state index >= 15 is 0 Å². The lowest BCUT2D eigenvalue weighted by Gasteiger charge is -2.38. The van der Waals surface area contributed by atoms with Gasteiger partial charge in [-0.2, -0.15) is 0 Å². The summed E-state index contributed by atoms with van der Waals surface area (Å²) >= 11 is 0. The van der Waals surface area contributed by atoms with E-state index in [1.54, 1.807) is 0 Å². The van der Waals surface area contributed by atoms with E-state index in [1.165, 1.54) is 37.1 Å². The van der Waals surface area contributed by atoms with Crippen molar-refractivity contribution in [1.82, 2.24) is 0 Å². The molecule has 0 aromatic heterocycles. The number of benzene rings is 1. The van der Waals surface area contributed by atoms with Crippen LogP contribution in [0.4, 0.5) is 0 Å². The summed E-state index contributed by atoms with van der Waals surface area (Å²) in [5.41, 5.74) is -0.00463. The molecule has 138 valence electrons. The molecule has 0 saturated carbocycles. The number of nitrogens with zero attached hydrogens (tertiary/aromatic N) is 1. The Bertz CT molecular complexity index is 599. The second-order valence-electron chi connectivity index (χ2n) is 6.18. The first kappa shape index (κ1) is 20.8. The molecule has 2 rings (SSSR count). The van der Waals surface area contributed by atoms with Crippen LogP contribution in [0.25, 0.3) is 0 Å². The van der Waals surface area contributed by atoms with Gasteiger partial charge in [-0.15, -0.1) is 0 Å². The number of hydrogen-bond donors (Lipinski definition) is 2. The Labute approximate surface area is 149 Å². The van der Waals surface area contributed by atoms with Crippen molar-refractivity contribution in [3.63, 3.8) is 0 Å². The maximum absolute atomic E-state index is 10.4. The number of carbonyl (C=O) groups is 2. The quantitative estimate of drug-likeness (QED) is 0.811. The van der Waals surface area contributed by atoms with E-state index in [-0.39, 0.29) is 16.7 Å². The lowest BCUT2D eigenvalue weighted by atomic mass is 9.71. The van der Waals surface area contributed by atoms with Gasteiger partial charge >= 0.3 is 5.97 Å². The molecule has 1 aliphatic heterocycles. The summed E-state index contributed by atoms with van der Waals surface area (Å²) in [5, 5.41) is 21.2. The van der Waals surface area contributed by atoms with Crippen molar-refractivity contribution in [2.24, 2.45) is 4.99 Å². The van der Waals surface area contributed by atoms with Gasteiger partial charge in [0.25, 0.3) is 0 Å². The number of quaternary nitrogens is 1. The zero-order chi connectivity index (χ0) is 19.1. The molecule has 0 saturated heterocycles. The van der Waals surface area contributed by atoms with E-state index in [1.807, 2.05) is 6.34 Å². The molecular formula is C19H28N2O4. The molecule has 6 heteroatoms. The topological polar surface area (TPSA) is 106 Å². The third kappa shape index (κ3) is 4.07. The highest BCUT2D eigenvalue weighted by Gasteiger charge is 2.53. The fraction of sp³-hybridized carbons (Fsp3) is 0.526. The van der Waals surface area contributed by atoms with Gasteiger partial charge in [0.2, 0.25) is 0 Å². The van der Waals surface area contributed by atoms with Crippen LogP contribution in [0.1, 0.15) is 74.1 Å². The van der Waals surface area contributed by atoms with Gasteiger partial charge in [-0.05, 0) is 18.9 Å². The first-order valence-electron chi connectivity index (χ1n) is 8.76. The molecule has 0 fully saturated rings. The number of carboxylic acid groups (broad SMARTS) is 2. The van der Waals surface area contributed by atoms with Crippen molar-refractivity contribution >= 4 is 18.3 Å². The predicted octanol–water partition coefficient (Wildman–Crippen LogP) is 1.46. The minimum Gasteiger partial charge on any atom is -0.545 e. The second kappa shape index (κ2) is 8.76. The number of aromatic carboxylic acids is 2. The summed E-state index contributed by atoms with van der Waals surface area (Å²) < 4.78 is 0. The van der Waals surface area contributed by atoms with Gasteiger partial charge in [0.15, 0.2) is 6.34 Å². The van der Waals surface area contributed by atoms with Crippen LogP contribution in [-0.4, -0.2) is 34.5 Å². The Hall–Kier alpha value is -2.21. The zero-order valence-corrected chi connectivity index (χ0v) is 15.4. The van der Waals surface area contributed by atoms with Gasteiger partial charge in [0.1, 0.15) is 11.1 Å². The van der Waals surface area contributed by atoms with Crippen LogP contribution in [0.5, 0.6) is 0 Å². The lowest BCUT2D eigenvalue weighted by Crippen LogP contribution is -2.97. The average molecular weight is 348 g/mol. The van der Waals surface area contributed by atoms with E-state index in [0.29, 0.717) is 5.54 Å². The molecule has 0 spiro atoms. The molecule has 1 heterocycles. The highest BCUT2D eigenvalue weighted by atomic mass is 16.4. The zero-order valence-electron chi connectivity index (χ0n) is 15.4. The van der Waals surface area contributed by atoms with Gasteiger partial charge in [-0.25, -0.2) is 9.79 Å². The number of nitrogens with two attached hydrogens (primary N) is 1. The third-order valence-electron chi connectivity index (χ3n) is 5.45. The van der Waals surface area contributed by atoms with E-state index < -0.39 is 11.9 Å².